The van der Waals surface area contributed by atoms with Crippen LogP contribution in [0.3, 0.4) is 0 Å². The highest BCUT2D eigenvalue weighted by Gasteiger charge is 2.10. The van der Waals surface area contributed by atoms with Gasteiger partial charge in [0, 0.05) is 21.8 Å². The lowest BCUT2D eigenvalue weighted by atomic mass is 10.2. The van der Waals surface area contributed by atoms with Gasteiger partial charge in [0.1, 0.15) is 5.65 Å². The number of fused-ring (bicyclic) bond motifs is 1. The fourth-order valence-electron chi connectivity index (χ4n) is 1.87. The highest BCUT2D eigenvalue weighted by atomic mass is 35.5. The average molecular weight is 306 g/mol. The summed E-state index contributed by atoms with van der Waals surface area (Å²) in [6.07, 6.45) is 3.59. The molecule has 0 aliphatic rings. The molecular formula is C14H9Cl2N3O. The van der Waals surface area contributed by atoms with Gasteiger partial charge in [-0.2, -0.15) is 0 Å². The van der Waals surface area contributed by atoms with Gasteiger partial charge in [0.15, 0.2) is 5.82 Å². The van der Waals surface area contributed by atoms with E-state index in [9.17, 15) is 4.79 Å². The van der Waals surface area contributed by atoms with Crippen molar-refractivity contribution in [1.29, 1.82) is 0 Å². The van der Waals surface area contributed by atoms with E-state index in [1.165, 1.54) is 0 Å². The lowest BCUT2D eigenvalue weighted by Crippen LogP contribution is -2.12. The third-order valence-electron chi connectivity index (χ3n) is 2.73. The van der Waals surface area contributed by atoms with E-state index in [0.717, 1.165) is 5.65 Å². The maximum Gasteiger partial charge on any atom is 0.256 e. The molecule has 0 aliphatic carbocycles. The van der Waals surface area contributed by atoms with Crippen molar-refractivity contribution in [2.45, 2.75) is 0 Å². The van der Waals surface area contributed by atoms with Crippen molar-refractivity contribution in [3.8, 4) is 0 Å². The first-order valence-electron chi connectivity index (χ1n) is 5.83. The van der Waals surface area contributed by atoms with Crippen LogP contribution in [-0.4, -0.2) is 15.3 Å². The van der Waals surface area contributed by atoms with Gasteiger partial charge < -0.3 is 9.72 Å². The first-order valence-corrected chi connectivity index (χ1v) is 6.58. The summed E-state index contributed by atoms with van der Waals surface area (Å²) in [6, 6.07) is 10.3. The Morgan fingerprint density at radius 3 is 2.60 bits per heavy atom. The van der Waals surface area contributed by atoms with E-state index in [0.29, 0.717) is 21.4 Å². The van der Waals surface area contributed by atoms with E-state index in [2.05, 4.69) is 10.3 Å². The zero-order valence-electron chi connectivity index (χ0n) is 10.2. The normalized spacial score (nSPS) is 10.7. The smallest absolute Gasteiger partial charge is 0.256 e. The standard InChI is InChI=1S/C14H9Cl2N3O/c15-10-5-9(6-11(16)7-10)14(20)18-12-8-19-4-2-1-3-13(19)17-12/h1-8H,(H,18,20). The molecule has 0 saturated carbocycles. The molecule has 0 radical (unpaired) electrons. The van der Waals surface area contributed by atoms with Gasteiger partial charge in [0.25, 0.3) is 5.91 Å². The topological polar surface area (TPSA) is 46.4 Å². The van der Waals surface area contributed by atoms with E-state index in [1.54, 1.807) is 24.4 Å². The minimum atomic E-state index is -0.308. The monoisotopic (exact) mass is 305 g/mol. The molecule has 20 heavy (non-hydrogen) atoms. The molecule has 1 N–H and O–H groups in total. The number of aromatic nitrogens is 2. The van der Waals surface area contributed by atoms with Crippen LogP contribution in [0.4, 0.5) is 5.82 Å². The summed E-state index contributed by atoms with van der Waals surface area (Å²) in [7, 11) is 0. The first kappa shape index (κ1) is 13.0. The second-order valence-electron chi connectivity index (χ2n) is 4.20. The van der Waals surface area contributed by atoms with E-state index in [-0.39, 0.29) is 5.91 Å². The van der Waals surface area contributed by atoms with Crippen LogP contribution in [0, 0.1) is 0 Å². The summed E-state index contributed by atoms with van der Waals surface area (Å²) >= 11 is 11.8. The molecule has 0 bridgehead atoms. The Morgan fingerprint density at radius 1 is 1.15 bits per heavy atom. The number of nitrogens with one attached hydrogen (secondary N) is 1. The SMILES string of the molecule is O=C(Nc1cn2ccccc2n1)c1cc(Cl)cc(Cl)c1. The Bertz CT molecular complexity index is 745. The van der Waals surface area contributed by atoms with Gasteiger partial charge >= 0.3 is 0 Å². The lowest BCUT2D eigenvalue weighted by Gasteiger charge is -2.03. The van der Waals surface area contributed by atoms with Gasteiger partial charge in [0.2, 0.25) is 0 Å². The molecule has 1 amide bonds. The van der Waals surface area contributed by atoms with Gasteiger partial charge in [-0.25, -0.2) is 4.98 Å². The van der Waals surface area contributed by atoms with Gasteiger partial charge in [-0.05, 0) is 30.3 Å². The number of pyridine rings is 1. The Labute approximate surface area is 125 Å². The average Bonchev–Trinajstić information content (AvgIpc) is 2.79. The summed E-state index contributed by atoms with van der Waals surface area (Å²) in [5.41, 5.74) is 1.14. The number of carbonyl (C=O) groups is 1. The molecule has 0 unspecified atom stereocenters. The highest BCUT2D eigenvalue weighted by molar-refractivity contribution is 6.35. The summed E-state index contributed by atoms with van der Waals surface area (Å²) in [6.45, 7) is 0. The molecule has 0 spiro atoms. The van der Waals surface area contributed by atoms with Crippen LogP contribution in [0.5, 0.6) is 0 Å². The lowest BCUT2D eigenvalue weighted by molar-refractivity contribution is 0.102. The molecule has 1 aromatic carbocycles. The number of carbonyl (C=O) groups excluding carboxylic acids is 1. The molecular weight excluding hydrogens is 297 g/mol. The molecule has 6 heteroatoms. The molecule has 2 aromatic heterocycles. The Hall–Kier alpha value is -2.04. The van der Waals surface area contributed by atoms with E-state index in [1.807, 2.05) is 28.8 Å². The number of hydrogen-bond donors (Lipinski definition) is 1. The van der Waals surface area contributed by atoms with Crippen molar-refractivity contribution in [1.82, 2.24) is 9.38 Å². The minimum Gasteiger partial charge on any atom is -0.305 e. The molecule has 0 atom stereocenters. The third-order valence-corrected chi connectivity index (χ3v) is 3.17. The maximum absolute atomic E-state index is 12.1. The Morgan fingerprint density at radius 2 is 1.90 bits per heavy atom. The van der Waals surface area contributed by atoms with Gasteiger partial charge in [0.05, 0.1) is 6.20 Å². The molecule has 3 rings (SSSR count). The van der Waals surface area contributed by atoms with Gasteiger partial charge in [-0.1, -0.05) is 29.3 Å². The molecule has 0 saturated heterocycles. The summed E-state index contributed by atoms with van der Waals surface area (Å²) in [4.78, 5) is 16.4. The fraction of sp³-hybridized carbons (Fsp3) is 0. The minimum absolute atomic E-state index is 0.308. The van der Waals surface area contributed by atoms with Crippen LogP contribution in [0.15, 0.2) is 48.8 Å². The van der Waals surface area contributed by atoms with Crippen molar-refractivity contribution < 1.29 is 4.79 Å². The van der Waals surface area contributed by atoms with E-state index < -0.39 is 0 Å². The van der Waals surface area contributed by atoms with Crippen LogP contribution in [0.1, 0.15) is 10.4 Å². The quantitative estimate of drug-likeness (QED) is 0.780. The van der Waals surface area contributed by atoms with Crippen LogP contribution < -0.4 is 5.32 Å². The number of halogens is 2. The van der Waals surface area contributed by atoms with Gasteiger partial charge in [-0.3, -0.25) is 4.79 Å². The number of anilines is 1. The molecule has 2 heterocycles. The number of benzene rings is 1. The second-order valence-corrected chi connectivity index (χ2v) is 5.08. The highest BCUT2D eigenvalue weighted by Crippen LogP contribution is 2.20. The fourth-order valence-corrected chi connectivity index (χ4v) is 2.39. The van der Waals surface area contributed by atoms with Crippen LogP contribution >= 0.6 is 23.2 Å². The third kappa shape index (κ3) is 2.61. The van der Waals surface area contributed by atoms with Crippen LogP contribution in [0.2, 0.25) is 10.0 Å². The summed E-state index contributed by atoms with van der Waals surface area (Å²) in [5.74, 6) is 0.162. The molecule has 3 aromatic rings. The largest absolute Gasteiger partial charge is 0.305 e. The molecule has 100 valence electrons. The number of nitrogens with zero attached hydrogens (tertiary/aromatic N) is 2. The van der Waals surface area contributed by atoms with Crippen LogP contribution in [0.25, 0.3) is 5.65 Å². The Balaban J connectivity index is 1.88. The van der Waals surface area contributed by atoms with Crippen LogP contribution in [-0.2, 0) is 0 Å². The molecule has 0 aliphatic heterocycles. The molecule has 4 nitrogen and oxygen atoms in total. The van der Waals surface area contributed by atoms with Gasteiger partial charge in [-0.15, -0.1) is 0 Å². The predicted molar refractivity (Wildman–Crippen MR) is 79.6 cm³/mol. The predicted octanol–water partition coefficient (Wildman–Crippen LogP) is 3.89. The van der Waals surface area contributed by atoms with Crippen molar-refractivity contribution in [2.24, 2.45) is 0 Å². The summed E-state index contributed by atoms with van der Waals surface area (Å²) < 4.78 is 1.82. The number of hydrogen-bond acceptors (Lipinski definition) is 2. The number of rotatable bonds is 2. The molecule has 0 fully saturated rings. The van der Waals surface area contributed by atoms with Crippen molar-refractivity contribution in [3.63, 3.8) is 0 Å². The summed E-state index contributed by atoms with van der Waals surface area (Å²) in [5, 5.41) is 3.54. The zero-order valence-corrected chi connectivity index (χ0v) is 11.7. The second kappa shape index (κ2) is 5.15. The maximum atomic E-state index is 12.1. The van der Waals surface area contributed by atoms with Crippen molar-refractivity contribution in [2.75, 3.05) is 5.32 Å². The van der Waals surface area contributed by atoms with E-state index in [4.69, 9.17) is 23.2 Å². The Kier molecular flexibility index (Phi) is 3.34. The van der Waals surface area contributed by atoms with Crippen molar-refractivity contribution >= 4 is 40.6 Å². The van der Waals surface area contributed by atoms with E-state index >= 15 is 0 Å². The first-order chi connectivity index (χ1) is 9.61. The zero-order chi connectivity index (χ0) is 14.1. The number of amides is 1. The number of imidazole rings is 1. The van der Waals surface area contributed by atoms with Crippen molar-refractivity contribution in [3.05, 3.63) is 64.4 Å².